The van der Waals surface area contributed by atoms with Crippen LogP contribution in [-0.4, -0.2) is 193 Å². The summed E-state index contributed by atoms with van der Waals surface area (Å²) in [6.07, 6.45) is -30.6. The highest BCUT2D eigenvalue weighted by Gasteiger charge is 2.58. The van der Waals surface area contributed by atoms with Gasteiger partial charge in [0.2, 0.25) is 11.8 Å². The van der Waals surface area contributed by atoms with Crippen molar-refractivity contribution in [2.45, 2.75) is 106 Å². The van der Waals surface area contributed by atoms with E-state index in [1.165, 1.54) is 0 Å². The summed E-state index contributed by atoms with van der Waals surface area (Å²) in [5, 5.41) is 66.4. The van der Waals surface area contributed by atoms with Crippen molar-refractivity contribution in [2.75, 3.05) is 13.2 Å². The van der Waals surface area contributed by atoms with Crippen LogP contribution in [0.5, 0.6) is 0 Å². The van der Waals surface area contributed by atoms with Crippen molar-refractivity contribution in [3.63, 3.8) is 0 Å². The molecule has 0 aromatic rings. The van der Waals surface area contributed by atoms with E-state index in [0.29, 0.717) is 0 Å². The number of carbonyl (C=O) groups excluding carboxylic acids is 2. The van der Waals surface area contributed by atoms with Crippen LogP contribution in [0.1, 0.15) is 13.8 Å². The van der Waals surface area contributed by atoms with Gasteiger partial charge < -0.3 is 65.0 Å². The van der Waals surface area contributed by atoms with Crippen LogP contribution in [-0.2, 0) is 81.8 Å². The second-order valence-electron chi connectivity index (χ2n) is 11.3. The number of hydrogen-bond donors (Lipinski definition) is 11. The number of nitrogens with one attached hydrogen (secondary N) is 2. The molecule has 3 heterocycles. The minimum absolute atomic E-state index is 0.860. The van der Waals surface area contributed by atoms with Gasteiger partial charge in [-0.1, -0.05) is 0 Å². The second kappa shape index (κ2) is 17.6. The van der Waals surface area contributed by atoms with Crippen LogP contribution in [0, 0.1) is 0 Å². The molecule has 3 aliphatic rings. The fourth-order valence-electron chi connectivity index (χ4n) is 5.54. The Bertz CT molecular complexity index is 1640. The molecule has 11 N–H and O–H groups in total. The predicted octanol–water partition coefficient (Wildman–Crippen LogP) is -7.71. The molecule has 3 saturated heterocycles. The van der Waals surface area contributed by atoms with Crippen molar-refractivity contribution in [3.05, 3.63) is 0 Å². The molecule has 3 aliphatic heterocycles. The Kier molecular flexibility index (Phi) is 15.0. The van der Waals surface area contributed by atoms with E-state index in [0.717, 1.165) is 13.8 Å². The predicted molar refractivity (Wildman–Crippen MR) is 156 cm³/mol. The molecule has 0 bridgehead atoms. The molecule has 28 nitrogen and oxygen atoms in total. The lowest BCUT2D eigenvalue weighted by Gasteiger charge is -2.49. The van der Waals surface area contributed by atoms with E-state index in [-0.39, 0.29) is 0 Å². The first kappa shape index (κ1) is 45.0. The first-order chi connectivity index (χ1) is 24.3. The van der Waals surface area contributed by atoms with Crippen molar-refractivity contribution in [2.24, 2.45) is 0 Å². The molecular formula is C22H36N2O26S3. The lowest BCUT2D eigenvalue weighted by atomic mass is 9.94. The second-order valence-corrected chi connectivity index (χ2v) is 14.5. The number of hydrogen-bond acceptors (Lipinski definition) is 22. The SMILES string of the molecule is CC(=O)N[C@@H]1[C@@H](O[C@@H]2O[C@@H](C(=O)O)[C@@H](O[C@@H]3O[C@H](CO)[C@H](OS(=O)(=O)O)[C@H](O)[C@H]3NC(C)=O)[C@H](O)[C@H]2OS(=O)(=O)O)[C@@H](OS(=O)(=O)O)[C@@H](CO)O[C@H]1O. The molecule has 0 radical (unpaired) electrons. The van der Waals surface area contributed by atoms with E-state index in [9.17, 15) is 79.4 Å². The van der Waals surface area contributed by atoms with Crippen molar-refractivity contribution >= 4 is 49.0 Å². The molecule has 0 saturated carbocycles. The summed E-state index contributed by atoms with van der Waals surface area (Å²) >= 11 is 0. The van der Waals surface area contributed by atoms with Crippen LogP contribution in [0.4, 0.5) is 0 Å². The fourth-order valence-corrected chi connectivity index (χ4v) is 7.06. The minimum atomic E-state index is -5.73. The number of carboxylic acid groups (broad SMARTS) is 1. The van der Waals surface area contributed by atoms with Crippen LogP contribution in [0.15, 0.2) is 0 Å². The molecule has 0 spiro atoms. The highest BCUT2D eigenvalue weighted by molar-refractivity contribution is 7.81. The molecule has 0 aliphatic carbocycles. The van der Waals surface area contributed by atoms with Crippen LogP contribution in [0.2, 0.25) is 0 Å². The first-order valence-electron chi connectivity index (χ1n) is 14.5. The molecular weight excluding hydrogens is 804 g/mol. The highest BCUT2D eigenvalue weighted by atomic mass is 32.3. The molecule has 0 unspecified atom stereocenters. The number of aliphatic carboxylic acids is 1. The van der Waals surface area contributed by atoms with E-state index in [1.807, 2.05) is 5.32 Å². The van der Waals surface area contributed by atoms with Crippen LogP contribution >= 0.6 is 0 Å². The summed E-state index contributed by atoms with van der Waals surface area (Å²) in [5.41, 5.74) is 0. The first-order valence-corrected chi connectivity index (χ1v) is 18.6. The van der Waals surface area contributed by atoms with Crippen molar-refractivity contribution in [1.29, 1.82) is 0 Å². The summed E-state index contributed by atoms with van der Waals surface area (Å²) in [4.78, 5) is 36.4. The Morgan fingerprint density at radius 2 is 1.06 bits per heavy atom. The Morgan fingerprint density at radius 1 is 0.604 bits per heavy atom. The molecule has 308 valence electrons. The van der Waals surface area contributed by atoms with E-state index >= 15 is 0 Å². The van der Waals surface area contributed by atoms with Crippen molar-refractivity contribution < 1.29 is 120 Å². The highest BCUT2D eigenvalue weighted by Crippen LogP contribution is 2.35. The molecule has 0 aromatic heterocycles. The lowest BCUT2D eigenvalue weighted by molar-refractivity contribution is -0.354. The van der Waals surface area contributed by atoms with Crippen molar-refractivity contribution in [3.8, 4) is 0 Å². The summed E-state index contributed by atoms with van der Waals surface area (Å²) in [6, 6.07) is -4.00. The topological polar surface area (TPSA) is 434 Å². The van der Waals surface area contributed by atoms with Crippen LogP contribution in [0.3, 0.4) is 0 Å². The number of aliphatic hydroxyl groups excluding tert-OH is 5. The van der Waals surface area contributed by atoms with Gasteiger partial charge in [-0.2, -0.15) is 25.3 Å². The molecule has 3 fully saturated rings. The summed E-state index contributed by atoms with van der Waals surface area (Å²) in [7, 11) is -16.6. The Balaban J connectivity index is 2.10. The molecule has 31 heteroatoms. The Labute approximate surface area is 298 Å². The van der Waals surface area contributed by atoms with Gasteiger partial charge in [-0.3, -0.25) is 23.2 Å². The van der Waals surface area contributed by atoms with Gasteiger partial charge in [0.25, 0.3) is 0 Å². The van der Waals surface area contributed by atoms with E-state index in [1.54, 1.807) is 0 Å². The maximum atomic E-state index is 12.5. The number of carbonyl (C=O) groups is 3. The zero-order valence-electron chi connectivity index (χ0n) is 26.8. The third kappa shape index (κ3) is 12.1. The number of carboxylic acids is 1. The molecule has 15 atom stereocenters. The largest absolute Gasteiger partial charge is 0.479 e. The number of amides is 2. The zero-order valence-corrected chi connectivity index (χ0v) is 29.2. The van der Waals surface area contributed by atoms with Crippen molar-refractivity contribution in [1.82, 2.24) is 10.6 Å². The van der Waals surface area contributed by atoms with Crippen LogP contribution in [0.25, 0.3) is 0 Å². The average molecular weight is 841 g/mol. The van der Waals surface area contributed by atoms with Crippen LogP contribution < -0.4 is 10.6 Å². The standard InChI is InChI=1S/C22H36N2O26S3/c1-5(27)23-9-11(29)13(48-51(34,35)36)7(3-25)44-21(9)46-16-12(30)17(50-53(40,41)42)22(47-18(16)19(31)32)45-15-10(24-6(2)28)20(33)43-8(4-26)14(15)49-52(37,38)39/h7-18,20-22,25-26,29-30,33H,3-4H2,1-2H3,(H,23,27)(H,24,28)(H,31,32)(H,34,35,36)(H,37,38,39)(H,40,41,42)/t7-,8-,9-,10-,11-,12+,13+,14+,15-,16+,17-,18-,20-,21+,22-/m1/s1. The quantitative estimate of drug-likeness (QED) is 0.0682. The molecule has 2 amide bonds. The monoisotopic (exact) mass is 840 g/mol. The van der Waals surface area contributed by atoms with Gasteiger partial charge >= 0.3 is 37.2 Å². The van der Waals surface area contributed by atoms with Gasteiger partial charge in [0.1, 0.15) is 60.9 Å². The van der Waals surface area contributed by atoms with E-state index in [2.05, 4.69) is 17.9 Å². The smallest absolute Gasteiger partial charge is 0.397 e. The minimum Gasteiger partial charge on any atom is -0.479 e. The number of rotatable bonds is 15. The van der Waals surface area contributed by atoms with E-state index in [4.69, 9.17) is 28.2 Å². The van der Waals surface area contributed by atoms with Gasteiger partial charge in [-0.05, 0) is 0 Å². The normalized spacial score (nSPS) is 38.5. The summed E-state index contributed by atoms with van der Waals surface area (Å²) in [5.74, 6) is -4.07. The Hall–Kier alpha value is -2.38. The molecule has 3 rings (SSSR count). The lowest BCUT2D eigenvalue weighted by Crippen LogP contribution is -2.70. The zero-order chi connectivity index (χ0) is 40.4. The number of aliphatic hydroxyl groups is 5. The van der Waals surface area contributed by atoms with E-state index < -0.39 is 154 Å². The summed E-state index contributed by atoms with van der Waals surface area (Å²) < 4.78 is 138. The molecule has 53 heavy (non-hydrogen) atoms. The van der Waals surface area contributed by atoms with Gasteiger partial charge in [0.05, 0.1) is 13.2 Å². The fraction of sp³-hybridized carbons (Fsp3) is 0.864. The van der Waals surface area contributed by atoms with Gasteiger partial charge in [0.15, 0.2) is 31.1 Å². The Morgan fingerprint density at radius 3 is 1.53 bits per heavy atom. The average Bonchev–Trinajstić information content (AvgIpc) is 2.99. The number of ether oxygens (including phenoxy) is 5. The van der Waals surface area contributed by atoms with Gasteiger partial charge in [-0.25, -0.2) is 17.3 Å². The maximum Gasteiger partial charge on any atom is 0.397 e. The summed E-state index contributed by atoms with van der Waals surface area (Å²) in [6.45, 7) is -0.692. The third-order valence-electron chi connectivity index (χ3n) is 7.48. The molecule has 0 aromatic carbocycles. The van der Waals surface area contributed by atoms with Gasteiger partial charge in [-0.15, -0.1) is 0 Å². The van der Waals surface area contributed by atoms with Gasteiger partial charge in [0, 0.05) is 13.8 Å². The third-order valence-corrected chi connectivity index (χ3v) is 8.88. The maximum absolute atomic E-state index is 12.5.